The zero-order valence-corrected chi connectivity index (χ0v) is 15.5. The molecule has 1 amide bonds. The molecule has 132 valence electrons. The van der Waals surface area contributed by atoms with Crippen LogP contribution < -0.4 is 0 Å². The van der Waals surface area contributed by atoms with E-state index in [1.165, 1.54) is 11.1 Å². The summed E-state index contributed by atoms with van der Waals surface area (Å²) in [5.74, 6) is 0.816. The number of piperidine rings is 1. The highest BCUT2D eigenvalue weighted by molar-refractivity contribution is 5.94. The fraction of sp³-hybridized carbons (Fsp3) is 0.455. The number of likely N-dealkylation sites (tertiary alicyclic amines) is 1. The lowest BCUT2D eigenvalue weighted by Gasteiger charge is -2.32. The van der Waals surface area contributed by atoms with E-state index in [1.807, 2.05) is 35.5 Å². The van der Waals surface area contributed by atoms with Gasteiger partial charge in [-0.1, -0.05) is 39.0 Å². The van der Waals surface area contributed by atoms with Crippen LogP contribution in [0.2, 0.25) is 0 Å². The van der Waals surface area contributed by atoms with Crippen LogP contribution in [0.5, 0.6) is 0 Å². The maximum Gasteiger partial charge on any atom is 0.253 e. The van der Waals surface area contributed by atoms with Gasteiger partial charge in [0, 0.05) is 31.0 Å². The van der Waals surface area contributed by atoms with Gasteiger partial charge in [0.25, 0.3) is 5.91 Å². The monoisotopic (exact) mass is 336 g/mol. The third-order valence-electron chi connectivity index (χ3n) is 5.15. The zero-order chi connectivity index (χ0) is 17.9. The molecule has 1 aromatic heterocycles. The van der Waals surface area contributed by atoms with Crippen molar-refractivity contribution < 1.29 is 4.79 Å². The number of carbonyl (C=O) groups excluding carboxylic acids is 1. The Balaban J connectivity index is 1.56. The highest BCUT2D eigenvalue weighted by Crippen LogP contribution is 2.25. The molecule has 0 saturated carbocycles. The average molecular weight is 336 g/mol. The second-order valence-electron chi connectivity index (χ2n) is 8.13. The van der Waals surface area contributed by atoms with Gasteiger partial charge < -0.3 is 4.90 Å². The summed E-state index contributed by atoms with van der Waals surface area (Å²) in [6.07, 6.45) is 6.97. The van der Waals surface area contributed by atoms with Crippen molar-refractivity contribution in [3.63, 3.8) is 0 Å². The summed E-state index contributed by atoms with van der Waals surface area (Å²) in [5.41, 5.74) is 3.48. The van der Waals surface area contributed by atoms with Crippen molar-refractivity contribution in [2.75, 3.05) is 13.1 Å². The molecule has 2 heterocycles. The van der Waals surface area contributed by atoms with Crippen molar-refractivity contribution >= 4 is 5.91 Å². The Hall–Kier alpha value is -2.16. The van der Waals surface area contributed by atoms with Gasteiger partial charge in [-0.3, -0.25) is 9.78 Å². The third-order valence-corrected chi connectivity index (χ3v) is 5.15. The molecular formula is C22H28N2O. The van der Waals surface area contributed by atoms with Gasteiger partial charge in [0.1, 0.15) is 0 Å². The number of hydrogen-bond donors (Lipinski definition) is 0. The van der Waals surface area contributed by atoms with Crippen molar-refractivity contribution in [2.24, 2.45) is 5.92 Å². The lowest BCUT2D eigenvalue weighted by molar-refractivity contribution is 0.0690. The predicted octanol–water partition coefficient (Wildman–Crippen LogP) is 4.47. The predicted molar refractivity (Wildman–Crippen MR) is 102 cm³/mol. The van der Waals surface area contributed by atoms with Crippen LogP contribution in [0.1, 0.15) is 55.1 Å². The number of carbonyl (C=O) groups is 1. The molecule has 1 aliphatic heterocycles. The fourth-order valence-corrected chi connectivity index (χ4v) is 3.49. The minimum Gasteiger partial charge on any atom is -0.339 e. The van der Waals surface area contributed by atoms with Crippen molar-refractivity contribution in [3.8, 4) is 0 Å². The van der Waals surface area contributed by atoms with Gasteiger partial charge in [0.05, 0.1) is 0 Å². The first-order valence-corrected chi connectivity index (χ1v) is 9.22. The van der Waals surface area contributed by atoms with E-state index in [0.717, 1.165) is 37.9 Å². The Morgan fingerprint density at radius 1 is 1.12 bits per heavy atom. The number of nitrogens with zero attached hydrogens (tertiary/aromatic N) is 2. The Morgan fingerprint density at radius 2 is 1.80 bits per heavy atom. The van der Waals surface area contributed by atoms with Crippen LogP contribution in [0.15, 0.2) is 48.8 Å². The maximum absolute atomic E-state index is 12.7. The van der Waals surface area contributed by atoms with E-state index in [-0.39, 0.29) is 11.3 Å². The van der Waals surface area contributed by atoms with Gasteiger partial charge in [-0.2, -0.15) is 0 Å². The molecule has 0 spiro atoms. The highest BCUT2D eigenvalue weighted by atomic mass is 16.2. The quantitative estimate of drug-likeness (QED) is 0.828. The van der Waals surface area contributed by atoms with E-state index in [9.17, 15) is 4.79 Å². The van der Waals surface area contributed by atoms with Crippen LogP contribution in [-0.4, -0.2) is 28.9 Å². The molecule has 1 fully saturated rings. The first kappa shape index (κ1) is 17.7. The van der Waals surface area contributed by atoms with E-state index in [1.54, 1.807) is 0 Å². The molecule has 1 aliphatic rings. The van der Waals surface area contributed by atoms with Crippen LogP contribution in [0.25, 0.3) is 0 Å². The number of pyridine rings is 1. The molecule has 1 saturated heterocycles. The summed E-state index contributed by atoms with van der Waals surface area (Å²) in [4.78, 5) is 18.9. The molecule has 0 radical (unpaired) electrons. The SMILES string of the molecule is CC(C)(C)c1ccc(C(=O)N2CCC(Cc3cccnc3)CC2)cc1. The van der Waals surface area contributed by atoms with Crippen LogP contribution in [0.4, 0.5) is 0 Å². The lowest BCUT2D eigenvalue weighted by Crippen LogP contribution is -2.38. The number of aromatic nitrogens is 1. The van der Waals surface area contributed by atoms with Gasteiger partial charge in [-0.15, -0.1) is 0 Å². The zero-order valence-electron chi connectivity index (χ0n) is 15.5. The smallest absolute Gasteiger partial charge is 0.253 e. The fourth-order valence-electron chi connectivity index (χ4n) is 3.49. The molecule has 0 N–H and O–H groups in total. The summed E-state index contributed by atoms with van der Waals surface area (Å²) in [7, 11) is 0. The van der Waals surface area contributed by atoms with E-state index in [4.69, 9.17) is 0 Å². The molecule has 3 heteroatoms. The highest BCUT2D eigenvalue weighted by Gasteiger charge is 2.24. The average Bonchev–Trinajstić information content (AvgIpc) is 2.62. The van der Waals surface area contributed by atoms with Gasteiger partial charge in [-0.05, 0) is 59.9 Å². The molecule has 1 aromatic carbocycles. The molecule has 0 unspecified atom stereocenters. The van der Waals surface area contributed by atoms with Gasteiger partial charge >= 0.3 is 0 Å². The van der Waals surface area contributed by atoms with Crippen molar-refractivity contribution in [2.45, 2.75) is 45.4 Å². The molecule has 0 aliphatic carbocycles. The summed E-state index contributed by atoms with van der Waals surface area (Å²) in [6.45, 7) is 8.28. The topological polar surface area (TPSA) is 33.2 Å². The molecular weight excluding hydrogens is 308 g/mol. The second-order valence-corrected chi connectivity index (χ2v) is 8.13. The summed E-state index contributed by atoms with van der Waals surface area (Å²) in [5, 5.41) is 0. The van der Waals surface area contributed by atoms with Crippen LogP contribution >= 0.6 is 0 Å². The Morgan fingerprint density at radius 3 is 2.36 bits per heavy atom. The summed E-state index contributed by atoms with van der Waals surface area (Å²) >= 11 is 0. The van der Waals surface area contributed by atoms with Crippen molar-refractivity contribution in [1.82, 2.24) is 9.88 Å². The van der Waals surface area contributed by atoms with E-state index >= 15 is 0 Å². The van der Waals surface area contributed by atoms with E-state index in [0.29, 0.717) is 5.92 Å². The normalized spacial score (nSPS) is 16.0. The first-order valence-electron chi connectivity index (χ1n) is 9.22. The Labute approximate surface area is 151 Å². The molecule has 3 nitrogen and oxygen atoms in total. The van der Waals surface area contributed by atoms with Gasteiger partial charge in [0.15, 0.2) is 0 Å². The van der Waals surface area contributed by atoms with Crippen molar-refractivity contribution in [3.05, 3.63) is 65.5 Å². The largest absolute Gasteiger partial charge is 0.339 e. The molecule has 0 bridgehead atoms. The first-order chi connectivity index (χ1) is 11.9. The number of amides is 1. The minimum atomic E-state index is 0.117. The molecule has 2 aromatic rings. The minimum absolute atomic E-state index is 0.117. The molecule has 25 heavy (non-hydrogen) atoms. The Kier molecular flexibility index (Phi) is 5.22. The van der Waals surface area contributed by atoms with E-state index in [2.05, 4.69) is 44.0 Å². The van der Waals surface area contributed by atoms with E-state index < -0.39 is 0 Å². The van der Waals surface area contributed by atoms with Crippen LogP contribution in [-0.2, 0) is 11.8 Å². The summed E-state index contributed by atoms with van der Waals surface area (Å²) in [6, 6.07) is 12.3. The molecule has 0 atom stereocenters. The second kappa shape index (κ2) is 7.38. The number of benzene rings is 1. The van der Waals surface area contributed by atoms with Crippen LogP contribution in [0.3, 0.4) is 0 Å². The third kappa shape index (κ3) is 4.47. The number of hydrogen-bond acceptors (Lipinski definition) is 2. The summed E-state index contributed by atoms with van der Waals surface area (Å²) < 4.78 is 0. The number of rotatable bonds is 3. The van der Waals surface area contributed by atoms with Gasteiger partial charge in [-0.25, -0.2) is 0 Å². The standard InChI is InChI=1S/C22H28N2O/c1-22(2,3)20-8-6-19(7-9-20)21(25)24-13-10-17(11-14-24)15-18-5-4-12-23-16-18/h4-9,12,16-17H,10-11,13-15H2,1-3H3. The Bertz CT molecular complexity index is 693. The van der Waals surface area contributed by atoms with Gasteiger partial charge in [0.2, 0.25) is 0 Å². The lowest BCUT2D eigenvalue weighted by atomic mass is 9.86. The maximum atomic E-state index is 12.7. The van der Waals surface area contributed by atoms with Crippen LogP contribution in [0, 0.1) is 5.92 Å². The van der Waals surface area contributed by atoms with Crippen molar-refractivity contribution in [1.29, 1.82) is 0 Å². The molecule has 3 rings (SSSR count).